The summed E-state index contributed by atoms with van der Waals surface area (Å²) in [6, 6.07) is 16.8. The third-order valence-corrected chi connectivity index (χ3v) is 11.0. The normalized spacial score (nSPS) is 22.1. The van der Waals surface area contributed by atoms with Crippen LogP contribution in [0.5, 0.6) is 0 Å². The molecule has 3 aromatic carbocycles. The Labute approximate surface area is 262 Å². The fourth-order valence-corrected chi connectivity index (χ4v) is 8.84. The number of fused-ring (bicyclic) bond motifs is 7. The zero-order chi connectivity index (χ0) is 31.1. The Hall–Kier alpha value is -5.64. The number of rotatable bonds is 2. The van der Waals surface area contributed by atoms with E-state index in [9.17, 15) is 19.2 Å². The molecule has 46 heavy (non-hydrogen) atoms. The number of primary amides is 1. The van der Waals surface area contributed by atoms with Crippen molar-refractivity contribution >= 4 is 56.8 Å². The number of amides is 4. The van der Waals surface area contributed by atoms with Crippen LogP contribution in [0.2, 0.25) is 0 Å². The fourth-order valence-electron chi connectivity index (χ4n) is 8.84. The zero-order valence-corrected chi connectivity index (χ0v) is 24.7. The molecule has 5 aliphatic rings. The second-order valence-electron chi connectivity index (χ2n) is 13.1. The molecule has 1 saturated carbocycles. The Kier molecular flexibility index (Phi) is 4.76. The van der Waals surface area contributed by atoms with Crippen LogP contribution in [0, 0.1) is 5.92 Å². The summed E-state index contributed by atoms with van der Waals surface area (Å²) in [5, 5.41) is 1.74. The van der Waals surface area contributed by atoms with Crippen molar-refractivity contribution in [3.8, 4) is 0 Å². The Morgan fingerprint density at radius 2 is 1.63 bits per heavy atom. The maximum Gasteiger partial charge on any atom is 0.319 e. The van der Waals surface area contributed by atoms with Crippen LogP contribution in [-0.4, -0.2) is 58.1 Å². The van der Waals surface area contributed by atoms with E-state index >= 15 is 0 Å². The summed E-state index contributed by atoms with van der Waals surface area (Å²) in [4.78, 5) is 65.0. The van der Waals surface area contributed by atoms with Gasteiger partial charge in [0.05, 0.1) is 5.56 Å². The van der Waals surface area contributed by atoms with Gasteiger partial charge in [0.1, 0.15) is 5.69 Å². The number of aromatic nitrogens is 2. The van der Waals surface area contributed by atoms with Crippen molar-refractivity contribution in [1.29, 1.82) is 0 Å². The number of aromatic amines is 2. The van der Waals surface area contributed by atoms with Gasteiger partial charge in [-0.05, 0) is 72.2 Å². The zero-order valence-electron chi connectivity index (χ0n) is 24.7. The second-order valence-corrected chi connectivity index (χ2v) is 13.1. The number of nitrogens with two attached hydrogens (primary N) is 1. The molecular formula is C36H28N6O4. The van der Waals surface area contributed by atoms with Gasteiger partial charge in [-0.2, -0.15) is 0 Å². The van der Waals surface area contributed by atoms with E-state index in [1.807, 2.05) is 59.5 Å². The molecule has 226 valence electrons. The number of H-pyrrole nitrogens is 2. The molecule has 0 radical (unpaired) electrons. The number of anilines is 2. The number of urea groups is 1. The van der Waals surface area contributed by atoms with E-state index in [1.54, 1.807) is 22.1 Å². The molecule has 1 spiro atoms. The number of hydrogen-bond donors (Lipinski definition) is 3. The molecule has 0 bridgehead atoms. The van der Waals surface area contributed by atoms with Crippen molar-refractivity contribution in [2.24, 2.45) is 11.7 Å². The number of carbonyl (C=O) groups excluding carboxylic acids is 4. The SMILES string of the molecule is NC(=O)N1CCc2c1ccc1[nH]c(C(=O)N3CCc4c3ccc3[nH]cc(C(=O)N5C[C@H]6C[C@@]67C5=CC(=O)c5ccccc57)c43)cc21. The van der Waals surface area contributed by atoms with Gasteiger partial charge >= 0.3 is 6.03 Å². The summed E-state index contributed by atoms with van der Waals surface area (Å²) in [6.07, 6.45) is 5.68. The minimum absolute atomic E-state index is 0.0531. The van der Waals surface area contributed by atoms with Crippen molar-refractivity contribution in [3.63, 3.8) is 0 Å². The fraction of sp³-hybridized carbons (Fsp3) is 0.222. The van der Waals surface area contributed by atoms with E-state index in [1.165, 1.54) is 0 Å². The topological polar surface area (TPSA) is 136 Å². The number of likely N-dealkylation sites (tertiary alicyclic amines) is 1. The average Bonchev–Trinajstić information content (AvgIpc) is 3.68. The van der Waals surface area contributed by atoms with Gasteiger partial charge in [-0.3, -0.25) is 19.3 Å². The molecule has 10 nitrogen and oxygen atoms in total. The molecular weight excluding hydrogens is 580 g/mol. The van der Waals surface area contributed by atoms with Gasteiger partial charge in [-0.15, -0.1) is 0 Å². The number of piperidine rings is 1. The molecule has 5 aromatic rings. The Balaban J connectivity index is 0.998. The molecule has 1 saturated heterocycles. The van der Waals surface area contributed by atoms with E-state index in [4.69, 9.17) is 5.73 Å². The number of nitrogens with one attached hydrogen (secondary N) is 2. The first-order valence-corrected chi connectivity index (χ1v) is 15.7. The van der Waals surface area contributed by atoms with E-state index in [0.717, 1.165) is 67.6 Å². The summed E-state index contributed by atoms with van der Waals surface area (Å²) >= 11 is 0. The summed E-state index contributed by atoms with van der Waals surface area (Å²) in [5.41, 5.74) is 14.2. The van der Waals surface area contributed by atoms with Crippen LogP contribution in [-0.2, 0) is 18.3 Å². The average molecular weight is 609 g/mol. The summed E-state index contributed by atoms with van der Waals surface area (Å²) in [6.45, 7) is 1.59. The Morgan fingerprint density at radius 1 is 0.870 bits per heavy atom. The van der Waals surface area contributed by atoms with Gasteiger partial charge in [-0.25, -0.2) is 4.79 Å². The summed E-state index contributed by atoms with van der Waals surface area (Å²) < 4.78 is 0. The highest BCUT2D eigenvalue weighted by Crippen LogP contribution is 2.66. The maximum absolute atomic E-state index is 14.3. The third kappa shape index (κ3) is 3.10. The van der Waals surface area contributed by atoms with Gasteiger partial charge in [0.15, 0.2) is 5.78 Å². The minimum Gasteiger partial charge on any atom is -0.360 e. The summed E-state index contributed by atoms with van der Waals surface area (Å²) in [7, 11) is 0. The van der Waals surface area contributed by atoms with Crippen LogP contribution in [0.4, 0.5) is 16.2 Å². The molecule has 5 heterocycles. The quantitative estimate of drug-likeness (QED) is 0.266. The van der Waals surface area contributed by atoms with Crippen molar-refractivity contribution in [2.45, 2.75) is 24.7 Å². The summed E-state index contributed by atoms with van der Waals surface area (Å²) in [5.74, 6) is -0.0219. The highest BCUT2D eigenvalue weighted by molar-refractivity contribution is 6.15. The molecule has 10 rings (SSSR count). The molecule has 10 heteroatoms. The Bertz CT molecular complexity index is 2310. The van der Waals surface area contributed by atoms with Gasteiger partial charge in [0.25, 0.3) is 11.8 Å². The van der Waals surface area contributed by atoms with Crippen molar-refractivity contribution in [1.82, 2.24) is 14.9 Å². The van der Waals surface area contributed by atoms with Crippen LogP contribution in [0.1, 0.15) is 54.3 Å². The predicted molar refractivity (Wildman–Crippen MR) is 172 cm³/mol. The molecule has 2 aromatic heterocycles. The van der Waals surface area contributed by atoms with Gasteiger partial charge in [-0.1, -0.05) is 24.3 Å². The minimum atomic E-state index is -0.483. The number of nitrogens with zero attached hydrogens (tertiary/aromatic N) is 3. The largest absolute Gasteiger partial charge is 0.360 e. The Morgan fingerprint density at radius 3 is 2.48 bits per heavy atom. The maximum atomic E-state index is 14.3. The lowest BCUT2D eigenvalue weighted by Crippen LogP contribution is -2.33. The van der Waals surface area contributed by atoms with E-state index in [-0.39, 0.29) is 23.0 Å². The first-order chi connectivity index (χ1) is 22.3. The monoisotopic (exact) mass is 608 g/mol. The van der Waals surface area contributed by atoms with Crippen molar-refractivity contribution in [2.75, 3.05) is 29.4 Å². The molecule has 4 N–H and O–H groups in total. The predicted octanol–water partition coefficient (Wildman–Crippen LogP) is 4.79. The number of allylic oxidation sites excluding steroid dienone is 2. The standard InChI is InChI=1S/C36H28N6O4/c37-35(46)41-12-9-19-22-13-27(39-25(22)5-7-28(19)41)34(45)40-11-10-21-29(40)8-6-26-32(21)23(16-38-26)33(44)42-17-18-15-36(18)24-4-2-1-3-20(24)30(43)14-31(36)42/h1-8,13-14,16,18,38-39H,9-12,15,17H2,(H2,37,46)/t18-,36-/m1/s1. The van der Waals surface area contributed by atoms with Gasteiger partial charge in [0.2, 0.25) is 0 Å². The molecule has 2 atom stereocenters. The van der Waals surface area contributed by atoms with Crippen LogP contribution < -0.4 is 15.5 Å². The molecule has 4 amide bonds. The lowest BCUT2D eigenvalue weighted by molar-refractivity contribution is 0.0812. The van der Waals surface area contributed by atoms with Crippen LogP contribution in [0.25, 0.3) is 21.8 Å². The van der Waals surface area contributed by atoms with Gasteiger partial charge in [0, 0.05) is 81.8 Å². The molecule has 3 aliphatic heterocycles. The van der Waals surface area contributed by atoms with Crippen LogP contribution >= 0.6 is 0 Å². The van der Waals surface area contributed by atoms with Gasteiger partial charge < -0.3 is 25.5 Å². The number of carbonyl (C=O) groups is 4. The van der Waals surface area contributed by atoms with Crippen LogP contribution in [0.3, 0.4) is 0 Å². The van der Waals surface area contributed by atoms with E-state index in [2.05, 4.69) is 9.97 Å². The third-order valence-electron chi connectivity index (χ3n) is 11.0. The molecule has 0 unspecified atom stereocenters. The second kappa shape index (κ2) is 8.54. The highest BCUT2D eigenvalue weighted by atomic mass is 16.2. The van der Waals surface area contributed by atoms with Crippen molar-refractivity contribution in [3.05, 3.63) is 106 Å². The number of benzene rings is 3. The number of ketones is 1. The highest BCUT2D eigenvalue weighted by Gasteiger charge is 2.67. The lowest BCUT2D eigenvalue weighted by atomic mass is 9.81. The van der Waals surface area contributed by atoms with Crippen LogP contribution in [0.15, 0.2) is 72.6 Å². The first kappa shape index (κ1) is 25.7. The molecule has 2 aliphatic carbocycles. The molecule has 2 fully saturated rings. The van der Waals surface area contributed by atoms with E-state index < -0.39 is 6.03 Å². The van der Waals surface area contributed by atoms with Crippen molar-refractivity contribution < 1.29 is 19.2 Å². The smallest absolute Gasteiger partial charge is 0.319 e. The van der Waals surface area contributed by atoms with E-state index in [0.29, 0.717) is 49.7 Å². The lowest BCUT2D eigenvalue weighted by Gasteiger charge is -2.29. The number of hydrogen-bond acceptors (Lipinski definition) is 4. The first-order valence-electron chi connectivity index (χ1n) is 15.7.